The molecule has 1 atom stereocenters. The summed E-state index contributed by atoms with van der Waals surface area (Å²) in [5, 5.41) is 0. The normalized spacial score (nSPS) is 15.9. The van der Waals surface area contributed by atoms with Crippen LogP contribution in [0.25, 0.3) is 0 Å². The van der Waals surface area contributed by atoms with Gasteiger partial charge in [0.25, 0.3) is 0 Å². The number of imide groups is 1. The third-order valence-corrected chi connectivity index (χ3v) is 5.95. The second kappa shape index (κ2) is 7.50. The molecule has 1 aliphatic rings. The Labute approximate surface area is 158 Å². The number of nitrogens with one attached hydrogen (secondary N) is 1. The first-order chi connectivity index (χ1) is 12.8. The van der Waals surface area contributed by atoms with Gasteiger partial charge in [0.15, 0.2) is 0 Å². The van der Waals surface area contributed by atoms with Crippen LogP contribution in [0.4, 0.5) is 5.69 Å². The summed E-state index contributed by atoms with van der Waals surface area (Å²) in [6, 6.07) is 12.3. The highest BCUT2D eigenvalue weighted by Gasteiger charge is 2.30. The highest BCUT2D eigenvalue weighted by atomic mass is 32.2. The van der Waals surface area contributed by atoms with E-state index in [0.29, 0.717) is 17.0 Å². The Hall–Kier alpha value is -2.71. The molecule has 1 heterocycles. The summed E-state index contributed by atoms with van der Waals surface area (Å²) in [6.07, 6.45) is 0.355. The minimum absolute atomic E-state index is 0.0482. The molecule has 0 aromatic heterocycles. The van der Waals surface area contributed by atoms with E-state index in [1.54, 1.807) is 19.1 Å². The predicted octanol–water partition coefficient (Wildman–Crippen LogP) is 2.39. The fourth-order valence-electron chi connectivity index (χ4n) is 3.03. The maximum atomic E-state index is 12.7. The van der Waals surface area contributed by atoms with E-state index in [1.807, 2.05) is 12.1 Å². The number of amides is 2. The monoisotopic (exact) mass is 388 g/mol. The van der Waals surface area contributed by atoms with Crippen molar-refractivity contribution >= 4 is 27.5 Å². The van der Waals surface area contributed by atoms with Crippen LogP contribution in [-0.4, -0.2) is 27.3 Å². The first kappa shape index (κ1) is 19.1. The minimum Gasteiger partial charge on any atom is -0.496 e. The fraction of sp³-hybridized carbons (Fsp3) is 0.263. The molecule has 8 heteroatoms. The van der Waals surface area contributed by atoms with Gasteiger partial charge >= 0.3 is 0 Å². The molecule has 27 heavy (non-hydrogen) atoms. The van der Waals surface area contributed by atoms with E-state index in [0.717, 1.165) is 4.90 Å². The number of sulfonamides is 1. The highest BCUT2D eigenvalue weighted by molar-refractivity contribution is 7.89. The van der Waals surface area contributed by atoms with Crippen LogP contribution in [0, 0.1) is 0 Å². The van der Waals surface area contributed by atoms with Gasteiger partial charge in [0.05, 0.1) is 17.7 Å². The van der Waals surface area contributed by atoms with Crippen molar-refractivity contribution in [2.24, 2.45) is 0 Å². The van der Waals surface area contributed by atoms with E-state index in [2.05, 4.69) is 4.72 Å². The largest absolute Gasteiger partial charge is 0.496 e. The lowest BCUT2D eigenvalue weighted by atomic mass is 10.1. The van der Waals surface area contributed by atoms with Gasteiger partial charge in [0.2, 0.25) is 21.8 Å². The van der Waals surface area contributed by atoms with Crippen LogP contribution in [0.1, 0.15) is 31.4 Å². The molecule has 1 aliphatic heterocycles. The fourth-order valence-corrected chi connectivity index (χ4v) is 4.25. The third kappa shape index (κ3) is 3.86. The predicted molar refractivity (Wildman–Crippen MR) is 99.9 cm³/mol. The number of hydrogen-bond donors (Lipinski definition) is 1. The van der Waals surface area contributed by atoms with Gasteiger partial charge in [-0.25, -0.2) is 13.1 Å². The van der Waals surface area contributed by atoms with Crippen LogP contribution in [0.15, 0.2) is 53.4 Å². The molecule has 2 aromatic carbocycles. The second-order valence-electron chi connectivity index (χ2n) is 6.20. The molecule has 1 fully saturated rings. The Morgan fingerprint density at radius 2 is 1.59 bits per heavy atom. The lowest BCUT2D eigenvalue weighted by molar-refractivity contribution is -0.121. The standard InChI is InChI=1S/C19H20N2O5S/c1-13(16-5-3-4-6-17(16)26-2)20-27(24,25)15-9-7-14(8-10-15)21-18(22)11-12-19(21)23/h3-10,13,20H,11-12H2,1-2H3/t13-/m1/s1. The zero-order valence-corrected chi connectivity index (χ0v) is 15.8. The molecule has 0 aliphatic carbocycles. The Morgan fingerprint density at radius 3 is 2.19 bits per heavy atom. The van der Waals surface area contributed by atoms with Gasteiger partial charge < -0.3 is 4.74 Å². The SMILES string of the molecule is COc1ccccc1[C@@H](C)NS(=O)(=O)c1ccc(N2C(=O)CCC2=O)cc1. The maximum Gasteiger partial charge on any atom is 0.241 e. The van der Waals surface area contributed by atoms with Crippen LogP contribution in [-0.2, 0) is 19.6 Å². The quantitative estimate of drug-likeness (QED) is 0.767. The summed E-state index contributed by atoms with van der Waals surface area (Å²) >= 11 is 0. The molecule has 0 radical (unpaired) electrons. The first-order valence-electron chi connectivity index (χ1n) is 8.44. The Kier molecular flexibility index (Phi) is 5.29. The number of para-hydroxylation sites is 1. The number of nitrogens with zero attached hydrogens (tertiary/aromatic N) is 1. The Bertz CT molecular complexity index is 954. The van der Waals surface area contributed by atoms with Crippen LogP contribution in [0.2, 0.25) is 0 Å². The Balaban J connectivity index is 1.81. The molecular formula is C19H20N2O5S. The number of methoxy groups -OCH3 is 1. The smallest absolute Gasteiger partial charge is 0.241 e. The topological polar surface area (TPSA) is 92.8 Å². The average molecular weight is 388 g/mol. The molecule has 0 bridgehead atoms. The molecule has 1 saturated heterocycles. The zero-order chi connectivity index (χ0) is 19.6. The summed E-state index contributed by atoms with van der Waals surface area (Å²) in [6.45, 7) is 1.73. The third-order valence-electron chi connectivity index (χ3n) is 4.39. The molecule has 0 unspecified atom stereocenters. The summed E-state index contributed by atoms with van der Waals surface area (Å²) in [5.74, 6) is 0.0335. The van der Waals surface area contributed by atoms with E-state index in [-0.39, 0.29) is 29.6 Å². The zero-order valence-electron chi connectivity index (χ0n) is 15.0. The van der Waals surface area contributed by atoms with E-state index >= 15 is 0 Å². The van der Waals surface area contributed by atoms with Gasteiger partial charge in [-0.3, -0.25) is 14.5 Å². The van der Waals surface area contributed by atoms with E-state index < -0.39 is 16.1 Å². The van der Waals surface area contributed by atoms with Gasteiger partial charge in [-0.05, 0) is 37.3 Å². The van der Waals surface area contributed by atoms with Crippen LogP contribution in [0.3, 0.4) is 0 Å². The van der Waals surface area contributed by atoms with Gasteiger partial charge in [-0.2, -0.15) is 0 Å². The highest BCUT2D eigenvalue weighted by Crippen LogP contribution is 2.27. The molecular weight excluding hydrogens is 368 g/mol. The molecule has 2 aromatic rings. The number of rotatable bonds is 6. The maximum absolute atomic E-state index is 12.7. The van der Waals surface area contributed by atoms with Crippen molar-refractivity contribution in [3.63, 3.8) is 0 Å². The van der Waals surface area contributed by atoms with Gasteiger partial charge in [-0.15, -0.1) is 0 Å². The molecule has 1 N–H and O–H groups in total. The Morgan fingerprint density at radius 1 is 1.00 bits per heavy atom. The van der Waals surface area contributed by atoms with Crippen molar-refractivity contribution in [2.45, 2.75) is 30.7 Å². The van der Waals surface area contributed by atoms with Gasteiger partial charge in [0.1, 0.15) is 5.75 Å². The molecule has 142 valence electrons. The van der Waals surface area contributed by atoms with E-state index in [4.69, 9.17) is 4.74 Å². The lowest BCUT2D eigenvalue weighted by Gasteiger charge is -2.18. The summed E-state index contributed by atoms with van der Waals surface area (Å²) in [7, 11) is -2.27. The number of carbonyl (C=O) groups excluding carboxylic acids is 2. The van der Waals surface area contributed by atoms with Crippen LogP contribution < -0.4 is 14.4 Å². The van der Waals surface area contributed by atoms with Crippen molar-refractivity contribution in [2.75, 3.05) is 12.0 Å². The van der Waals surface area contributed by atoms with Gasteiger partial charge in [-0.1, -0.05) is 18.2 Å². The molecule has 7 nitrogen and oxygen atoms in total. The van der Waals surface area contributed by atoms with Crippen LogP contribution >= 0.6 is 0 Å². The lowest BCUT2D eigenvalue weighted by Crippen LogP contribution is -2.29. The molecule has 0 spiro atoms. The minimum atomic E-state index is -3.79. The van der Waals surface area contributed by atoms with Crippen LogP contribution in [0.5, 0.6) is 5.75 Å². The summed E-state index contributed by atoms with van der Waals surface area (Å²) in [4.78, 5) is 24.7. The van der Waals surface area contributed by atoms with Crippen molar-refractivity contribution < 1.29 is 22.7 Å². The van der Waals surface area contributed by atoms with Crippen molar-refractivity contribution in [1.29, 1.82) is 0 Å². The van der Waals surface area contributed by atoms with Crippen molar-refractivity contribution in [1.82, 2.24) is 4.72 Å². The molecule has 0 saturated carbocycles. The van der Waals surface area contributed by atoms with E-state index in [1.165, 1.54) is 31.4 Å². The van der Waals surface area contributed by atoms with Crippen molar-refractivity contribution in [3.8, 4) is 5.75 Å². The first-order valence-corrected chi connectivity index (χ1v) is 9.93. The summed E-state index contributed by atoms with van der Waals surface area (Å²) in [5.41, 5.74) is 1.09. The summed E-state index contributed by atoms with van der Waals surface area (Å²) < 4.78 is 33.2. The van der Waals surface area contributed by atoms with Crippen molar-refractivity contribution in [3.05, 3.63) is 54.1 Å². The van der Waals surface area contributed by atoms with E-state index in [9.17, 15) is 18.0 Å². The number of hydrogen-bond acceptors (Lipinski definition) is 5. The average Bonchev–Trinajstić information content (AvgIpc) is 2.99. The number of ether oxygens (including phenoxy) is 1. The second-order valence-corrected chi connectivity index (χ2v) is 7.92. The molecule has 2 amide bonds. The van der Waals surface area contributed by atoms with Gasteiger partial charge in [0, 0.05) is 24.4 Å². The number of benzene rings is 2. The number of carbonyl (C=O) groups is 2. The molecule has 3 rings (SSSR count). The number of anilines is 1.